The summed E-state index contributed by atoms with van der Waals surface area (Å²) in [4.78, 5) is 0. The van der Waals surface area contributed by atoms with Crippen LogP contribution < -0.4 is 15.1 Å². The molecule has 0 radical (unpaired) electrons. The maximum absolute atomic E-state index is 5.43. The van der Waals surface area contributed by atoms with E-state index in [4.69, 9.17) is 4.74 Å². The molecule has 1 nitrogen and oxygen atoms in total. The molecule has 3 aromatic rings. The molecule has 0 spiro atoms. The van der Waals surface area contributed by atoms with Gasteiger partial charge in [-0.1, -0.05) is 83.2 Å². The monoisotopic (exact) mass is 290 g/mol. The Hall–Kier alpha value is -2.32. The minimum atomic E-state index is -0.376. The second kappa shape index (κ2) is 6.42. The second-order valence-corrected chi connectivity index (χ2v) is 7.05. The zero-order valence-electron chi connectivity index (χ0n) is 12.1. The Balaban J connectivity index is 1.84. The summed E-state index contributed by atoms with van der Waals surface area (Å²) in [5.41, 5.74) is 2.35. The first-order valence-electron chi connectivity index (χ1n) is 7.13. The van der Waals surface area contributed by atoms with E-state index in [1.165, 1.54) is 15.9 Å². The Morgan fingerprint density at radius 3 is 2.00 bits per heavy atom. The van der Waals surface area contributed by atoms with Crippen molar-refractivity contribution in [3.63, 3.8) is 0 Å². The van der Waals surface area contributed by atoms with Crippen LogP contribution in [0.3, 0.4) is 0 Å². The predicted molar refractivity (Wildman–Crippen MR) is 92.7 cm³/mol. The van der Waals surface area contributed by atoms with Crippen LogP contribution in [-0.4, -0.2) is 16.6 Å². The summed E-state index contributed by atoms with van der Waals surface area (Å²) in [5.74, 6) is 0.922. The molecule has 0 aliphatic heterocycles. The van der Waals surface area contributed by atoms with E-state index in [9.17, 15) is 0 Å². The summed E-state index contributed by atoms with van der Waals surface area (Å²) >= 11 is 0. The zero-order valence-corrected chi connectivity index (χ0v) is 13.5. The average molecular weight is 290 g/mol. The molecule has 0 saturated heterocycles. The molecule has 0 heterocycles. The molecule has 3 rings (SSSR count). The third-order valence-corrected chi connectivity index (χ3v) is 5.38. The summed E-state index contributed by atoms with van der Waals surface area (Å²) in [5, 5.41) is 2.93. The fraction of sp³-hybridized carbons (Fsp3) is 0.0526. The highest BCUT2D eigenvalue weighted by Crippen LogP contribution is 2.28. The van der Waals surface area contributed by atoms with Gasteiger partial charge in [-0.2, -0.15) is 0 Å². The quantitative estimate of drug-likeness (QED) is 0.671. The summed E-state index contributed by atoms with van der Waals surface area (Å²) in [7, 11) is 1.34. The van der Waals surface area contributed by atoms with Crippen molar-refractivity contribution in [3.05, 3.63) is 78.9 Å². The van der Waals surface area contributed by atoms with Crippen molar-refractivity contribution >= 4 is 19.9 Å². The van der Waals surface area contributed by atoms with E-state index in [-0.39, 0.29) is 9.52 Å². The fourth-order valence-electron chi connectivity index (χ4n) is 2.52. The minimum Gasteiger partial charge on any atom is -0.496 e. The largest absolute Gasteiger partial charge is 0.496 e. The number of methoxy groups -OCH3 is 1. The molecular formula is C19H18OSi. The summed E-state index contributed by atoms with van der Waals surface area (Å²) < 4.78 is 5.43. The van der Waals surface area contributed by atoms with E-state index < -0.39 is 0 Å². The number of ether oxygens (including phenoxy) is 1. The highest BCUT2D eigenvalue weighted by molar-refractivity contribution is 6.67. The molecule has 0 amide bonds. The topological polar surface area (TPSA) is 9.23 Å². The lowest BCUT2D eigenvalue weighted by molar-refractivity contribution is 0.416. The first-order chi connectivity index (χ1) is 10.4. The average Bonchev–Trinajstić information content (AvgIpc) is 2.56. The Bertz CT molecular complexity index is 705. The van der Waals surface area contributed by atoms with Crippen LogP contribution in [0.4, 0.5) is 0 Å². The Kier molecular flexibility index (Phi) is 4.17. The van der Waals surface area contributed by atoms with Gasteiger partial charge in [-0.3, -0.25) is 0 Å². The van der Waals surface area contributed by atoms with Crippen molar-refractivity contribution < 1.29 is 4.74 Å². The van der Waals surface area contributed by atoms with Crippen molar-refractivity contribution in [1.82, 2.24) is 0 Å². The molecule has 21 heavy (non-hydrogen) atoms. The third kappa shape index (κ3) is 3.23. The van der Waals surface area contributed by atoms with E-state index in [0.29, 0.717) is 0 Å². The van der Waals surface area contributed by atoms with Crippen molar-refractivity contribution in [1.29, 1.82) is 0 Å². The molecule has 104 valence electrons. The lowest BCUT2D eigenvalue weighted by Crippen LogP contribution is -2.26. The number of para-hydroxylation sites is 1. The zero-order chi connectivity index (χ0) is 14.5. The van der Waals surface area contributed by atoms with Crippen LogP contribution in [0.2, 0.25) is 0 Å². The molecule has 0 aliphatic rings. The molecule has 0 bridgehead atoms. The number of hydrogen-bond donors (Lipinski definition) is 0. The van der Waals surface area contributed by atoms with Gasteiger partial charge in [0, 0.05) is 5.56 Å². The van der Waals surface area contributed by atoms with E-state index in [1.807, 2.05) is 18.2 Å². The third-order valence-electron chi connectivity index (χ3n) is 3.62. The highest BCUT2D eigenvalue weighted by Gasteiger charge is 2.04. The molecular weight excluding hydrogens is 272 g/mol. The summed E-state index contributed by atoms with van der Waals surface area (Å²) in [6.45, 7) is 0. The van der Waals surface area contributed by atoms with Gasteiger partial charge in [0.05, 0.1) is 16.6 Å². The lowest BCUT2D eigenvalue weighted by Gasteiger charge is -2.09. The minimum absolute atomic E-state index is 0.376. The van der Waals surface area contributed by atoms with E-state index in [0.717, 1.165) is 11.3 Å². The highest BCUT2D eigenvalue weighted by atomic mass is 28.2. The van der Waals surface area contributed by atoms with Crippen LogP contribution >= 0.6 is 0 Å². The fourth-order valence-corrected chi connectivity index (χ4v) is 3.97. The van der Waals surface area contributed by atoms with Crippen molar-refractivity contribution in [3.8, 4) is 16.9 Å². The van der Waals surface area contributed by atoms with Gasteiger partial charge in [-0.25, -0.2) is 0 Å². The van der Waals surface area contributed by atoms with Crippen molar-refractivity contribution in [2.45, 2.75) is 0 Å². The lowest BCUT2D eigenvalue weighted by atomic mass is 10.1. The first kappa shape index (κ1) is 13.7. The van der Waals surface area contributed by atoms with Gasteiger partial charge < -0.3 is 4.74 Å². The van der Waals surface area contributed by atoms with Crippen LogP contribution in [-0.2, 0) is 0 Å². The normalized spacial score (nSPS) is 10.9. The van der Waals surface area contributed by atoms with Crippen molar-refractivity contribution in [2.75, 3.05) is 7.11 Å². The van der Waals surface area contributed by atoms with Gasteiger partial charge in [-0.15, -0.1) is 0 Å². The maximum Gasteiger partial charge on any atom is 0.126 e. The van der Waals surface area contributed by atoms with Gasteiger partial charge in [0.25, 0.3) is 0 Å². The van der Waals surface area contributed by atoms with Gasteiger partial charge in [0.1, 0.15) is 5.75 Å². The van der Waals surface area contributed by atoms with Crippen LogP contribution in [0.5, 0.6) is 5.75 Å². The molecule has 0 N–H and O–H groups in total. The van der Waals surface area contributed by atoms with Crippen molar-refractivity contribution in [2.24, 2.45) is 0 Å². The summed E-state index contributed by atoms with van der Waals surface area (Å²) in [6, 6.07) is 27.8. The number of hydrogen-bond acceptors (Lipinski definition) is 1. The number of benzene rings is 3. The van der Waals surface area contributed by atoms with Gasteiger partial charge in [0.15, 0.2) is 0 Å². The molecule has 0 unspecified atom stereocenters. The molecule has 2 heteroatoms. The Morgan fingerprint density at radius 2 is 1.29 bits per heavy atom. The predicted octanol–water partition coefficient (Wildman–Crippen LogP) is 2.48. The standard InChI is InChI=1S/C19H18OSi/c1-20-19-10-6-5-9-18(19)15-11-13-17(14-12-15)21-16-7-3-2-4-8-16/h2-14H,21H2,1H3. The van der Waals surface area contributed by atoms with Gasteiger partial charge in [-0.05, 0) is 11.6 Å². The maximum atomic E-state index is 5.43. The first-order valence-corrected chi connectivity index (χ1v) is 8.54. The molecule has 0 saturated carbocycles. The van der Waals surface area contributed by atoms with E-state index in [1.54, 1.807) is 7.11 Å². The van der Waals surface area contributed by atoms with Gasteiger partial charge in [0.2, 0.25) is 0 Å². The Labute approximate surface area is 128 Å². The SMILES string of the molecule is COc1ccccc1-c1ccc([SiH2]c2ccccc2)cc1. The van der Waals surface area contributed by atoms with E-state index in [2.05, 4.69) is 60.7 Å². The second-order valence-electron chi connectivity index (χ2n) is 5.06. The Morgan fingerprint density at radius 1 is 0.667 bits per heavy atom. The van der Waals surface area contributed by atoms with Gasteiger partial charge >= 0.3 is 0 Å². The van der Waals surface area contributed by atoms with Crippen LogP contribution in [0.25, 0.3) is 11.1 Å². The molecule has 0 fully saturated rings. The van der Waals surface area contributed by atoms with E-state index >= 15 is 0 Å². The smallest absolute Gasteiger partial charge is 0.126 e. The van der Waals surface area contributed by atoms with Crippen LogP contribution in [0, 0.1) is 0 Å². The molecule has 3 aromatic carbocycles. The summed E-state index contributed by atoms with van der Waals surface area (Å²) in [6.07, 6.45) is 0. The molecule has 0 atom stereocenters. The van der Waals surface area contributed by atoms with Crippen LogP contribution in [0.15, 0.2) is 78.9 Å². The molecule has 0 aliphatic carbocycles. The molecule has 0 aromatic heterocycles. The number of rotatable bonds is 4. The van der Waals surface area contributed by atoms with Crippen LogP contribution in [0.1, 0.15) is 0 Å².